The Hall–Kier alpha value is -2.30. The molecule has 1 aromatic heterocycles. The number of hydrogen-bond donors (Lipinski definition) is 2. The molecule has 0 spiro atoms. The van der Waals surface area contributed by atoms with E-state index in [9.17, 15) is 0 Å². The average Bonchev–Trinajstić information content (AvgIpc) is 3.45. The highest BCUT2D eigenvalue weighted by Gasteiger charge is 2.25. The molecule has 1 aliphatic carbocycles. The molecule has 2 N–H and O–H groups in total. The highest BCUT2D eigenvalue weighted by Crippen LogP contribution is 2.41. The molecule has 0 bridgehead atoms. The van der Waals surface area contributed by atoms with E-state index >= 15 is 0 Å². The first kappa shape index (κ1) is 23.8. The van der Waals surface area contributed by atoms with Gasteiger partial charge in [-0.2, -0.15) is 0 Å². The minimum atomic E-state index is 0.111. The van der Waals surface area contributed by atoms with Crippen LogP contribution in [0.4, 0.5) is 0 Å². The van der Waals surface area contributed by atoms with Crippen LogP contribution in [0.1, 0.15) is 49.9 Å². The van der Waals surface area contributed by atoms with Crippen molar-refractivity contribution in [1.29, 1.82) is 0 Å². The molecule has 0 aliphatic heterocycles. The first-order valence-corrected chi connectivity index (χ1v) is 13.2. The average molecular weight is 478 g/mol. The molecule has 3 aromatic rings. The standard InChI is InChI=1S/C27H31N3OS2/c1-5-7-19-16-20(10-13-25(19)31-18(2)3)27-29-17-26(33-27)23-9-6-8-22-21(23)11-12-24(22)30-32-15-14-28-4/h6,8-10,13,16-18,24,28,30H,11-12,14-15H2,1-4H3. The summed E-state index contributed by atoms with van der Waals surface area (Å²) < 4.78 is 9.59. The molecule has 1 heterocycles. The molecule has 1 unspecified atom stereocenters. The van der Waals surface area contributed by atoms with Crippen LogP contribution in [-0.4, -0.2) is 30.4 Å². The molecule has 0 radical (unpaired) electrons. The zero-order valence-electron chi connectivity index (χ0n) is 19.7. The molecule has 0 saturated carbocycles. The van der Waals surface area contributed by atoms with Crippen LogP contribution in [0.15, 0.2) is 42.6 Å². The van der Waals surface area contributed by atoms with E-state index in [1.165, 1.54) is 21.6 Å². The highest BCUT2D eigenvalue weighted by molar-refractivity contribution is 7.97. The minimum absolute atomic E-state index is 0.111. The summed E-state index contributed by atoms with van der Waals surface area (Å²) in [4.78, 5) is 5.99. The van der Waals surface area contributed by atoms with Crippen molar-refractivity contribution < 1.29 is 4.74 Å². The Kier molecular flexibility index (Phi) is 8.11. The van der Waals surface area contributed by atoms with Gasteiger partial charge >= 0.3 is 0 Å². The van der Waals surface area contributed by atoms with Gasteiger partial charge in [-0.25, -0.2) is 4.98 Å². The summed E-state index contributed by atoms with van der Waals surface area (Å²) in [6.45, 7) is 6.93. The molecule has 0 fully saturated rings. The van der Waals surface area contributed by atoms with Crippen molar-refractivity contribution >= 4 is 23.3 Å². The van der Waals surface area contributed by atoms with Gasteiger partial charge in [0, 0.05) is 30.1 Å². The normalized spacial score (nSPS) is 14.8. The quantitative estimate of drug-likeness (QED) is 0.222. The van der Waals surface area contributed by atoms with Gasteiger partial charge in [0.25, 0.3) is 0 Å². The van der Waals surface area contributed by atoms with Crippen LogP contribution < -0.4 is 14.8 Å². The topological polar surface area (TPSA) is 46.2 Å². The van der Waals surface area contributed by atoms with Gasteiger partial charge in [0.15, 0.2) is 0 Å². The lowest BCUT2D eigenvalue weighted by Gasteiger charge is -2.14. The first-order valence-electron chi connectivity index (χ1n) is 11.4. The third kappa shape index (κ3) is 5.62. The van der Waals surface area contributed by atoms with E-state index in [1.54, 1.807) is 11.3 Å². The van der Waals surface area contributed by atoms with Crippen LogP contribution in [0.25, 0.3) is 21.0 Å². The summed E-state index contributed by atoms with van der Waals surface area (Å²) in [5.41, 5.74) is 6.18. The second-order valence-corrected chi connectivity index (χ2v) is 10.3. The van der Waals surface area contributed by atoms with E-state index in [2.05, 4.69) is 52.2 Å². The van der Waals surface area contributed by atoms with Crippen LogP contribution >= 0.6 is 23.3 Å². The molecule has 1 aliphatic rings. The van der Waals surface area contributed by atoms with Crippen LogP contribution in [-0.2, 0) is 6.42 Å². The van der Waals surface area contributed by atoms with Crippen molar-refractivity contribution in [3.63, 3.8) is 0 Å². The van der Waals surface area contributed by atoms with E-state index < -0.39 is 0 Å². The van der Waals surface area contributed by atoms with Crippen molar-refractivity contribution in [2.75, 3.05) is 19.3 Å². The lowest BCUT2D eigenvalue weighted by molar-refractivity contribution is 0.242. The van der Waals surface area contributed by atoms with Crippen LogP contribution in [0.3, 0.4) is 0 Å². The smallest absolute Gasteiger partial charge is 0.135 e. The number of nitrogens with zero attached hydrogens (tertiary/aromatic N) is 1. The number of nitrogens with one attached hydrogen (secondary N) is 2. The fourth-order valence-electron chi connectivity index (χ4n) is 4.10. The zero-order chi connectivity index (χ0) is 23.2. The van der Waals surface area contributed by atoms with Gasteiger partial charge in [0.2, 0.25) is 0 Å². The Morgan fingerprint density at radius 1 is 1.27 bits per heavy atom. The van der Waals surface area contributed by atoms with E-state index in [0.717, 1.165) is 47.0 Å². The van der Waals surface area contributed by atoms with Crippen molar-refractivity contribution in [1.82, 2.24) is 15.0 Å². The van der Waals surface area contributed by atoms with Crippen LogP contribution in [0, 0.1) is 11.8 Å². The number of ether oxygens (including phenoxy) is 1. The summed E-state index contributed by atoms with van der Waals surface area (Å²) in [6, 6.07) is 13.3. The third-order valence-corrected chi connectivity index (χ3v) is 7.51. The van der Waals surface area contributed by atoms with Crippen molar-refractivity contribution in [2.24, 2.45) is 0 Å². The maximum atomic E-state index is 5.93. The summed E-state index contributed by atoms with van der Waals surface area (Å²) in [5, 5.41) is 4.21. The number of rotatable bonds is 9. The molecule has 0 saturated heterocycles. The van der Waals surface area contributed by atoms with Gasteiger partial charge < -0.3 is 10.1 Å². The summed E-state index contributed by atoms with van der Waals surface area (Å²) in [7, 11) is 1.99. The monoisotopic (exact) mass is 477 g/mol. The Morgan fingerprint density at radius 3 is 2.94 bits per heavy atom. The number of fused-ring (bicyclic) bond motifs is 1. The zero-order valence-corrected chi connectivity index (χ0v) is 21.3. The van der Waals surface area contributed by atoms with Crippen molar-refractivity contribution in [2.45, 2.75) is 45.8 Å². The molecule has 0 amide bonds. The van der Waals surface area contributed by atoms with Gasteiger partial charge in [0.1, 0.15) is 10.8 Å². The molecule has 33 heavy (non-hydrogen) atoms. The molecular weight excluding hydrogens is 446 g/mol. The van der Waals surface area contributed by atoms with Crippen LogP contribution in [0.2, 0.25) is 0 Å². The predicted molar refractivity (Wildman–Crippen MR) is 142 cm³/mol. The van der Waals surface area contributed by atoms with Gasteiger partial charge in [-0.15, -0.1) is 17.3 Å². The van der Waals surface area contributed by atoms with E-state index in [-0.39, 0.29) is 6.10 Å². The number of hydrogen-bond acceptors (Lipinski definition) is 6. The fourth-order valence-corrected chi connectivity index (χ4v) is 5.94. The number of benzene rings is 2. The Balaban J connectivity index is 1.58. The largest absolute Gasteiger partial charge is 0.490 e. The van der Waals surface area contributed by atoms with E-state index in [1.807, 2.05) is 52.0 Å². The maximum Gasteiger partial charge on any atom is 0.135 e. The maximum absolute atomic E-state index is 5.93. The van der Waals surface area contributed by atoms with E-state index in [4.69, 9.17) is 9.72 Å². The molecule has 1 atom stereocenters. The Labute approximate surface area is 205 Å². The van der Waals surface area contributed by atoms with Gasteiger partial charge in [-0.05, 0) is 75.5 Å². The SMILES string of the molecule is CC#Cc1cc(-c2ncc(-c3cccc4c3CCC4NSCCNC)s2)ccc1OC(C)C. The molecular formula is C27H31N3OS2. The van der Waals surface area contributed by atoms with Crippen LogP contribution in [0.5, 0.6) is 5.75 Å². The summed E-state index contributed by atoms with van der Waals surface area (Å²) >= 11 is 3.55. The number of aromatic nitrogens is 1. The van der Waals surface area contributed by atoms with Crippen molar-refractivity contribution in [3.05, 3.63) is 59.3 Å². The first-order chi connectivity index (χ1) is 16.1. The molecule has 172 valence electrons. The fraction of sp³-hybridized carbons (Fsp3) is 0.370. The highest BCUT2D eigenvalue weighted by atomic mass is 32.2. The lowest BCUT2D eigenvalue weighted by Crippen LogP contribution is -2.16. The Bertz CT molecular complexity index is 1160. The van der Waals surface area contributed by atoms with Gasteiger partial charge in [-0.3, -0.25) is 4.72 Å². The van der Waals surface area contributed by atoms with Crippen molar-refractivity contribution in [3.8, 4) is 38.6 Å². The lowest BCUT2D eigenvalue weighted by atomic mass is 10.0. The summed E-state index contributed by atoms with van der Waals surface area (Å²) in [5.74, 6) is 8.07. The Morgan fingerprint density at radius 2 is 2.15 bits per heavy atom. The molecule has 4 rings (SSSR count). The van der Waals surface area contributed by atoms with Gasteiger partial charge in [0.05, 0.1) is 16.5 Å². The molecule has 6 heteroatoms. The molecule has 4 nitrogen and oxygen atoms in total. The molecule has 2 aromatic carbocycles. The van der Waals surface area contributed by atoms with E-state index in [0.29, 0.717) is 6.04 Å². The third-order valence-electron chi connectivity index (χ3n) is 5.57. The predicted octanol–water partition coefficient (Wildman–Crippen LogP) is 6.08. The number of thiazole rings is 1. The van der Waals surface area contributed by atoms with Gasteiger partial charge in [-0.1, -0.05) is 36.1 Å². The second kappa shape index (κ2) is 11.2. The minimum Gasteiger partial charge on any atom is -0.490 e. The summed E-state index contributed by atoms with van der Waals surface area (Å²) in [6.07, 6.45) is 4.36. The second-order valence-electron chi connectivity index (χ2n) is 8.32.